The first kappa shape index (κ1) is 15.6. The van der Waals surface area contributed by atoms with Crippen molar-refractivity contribution in [2.75, 3.05) is 13.2 Å². The maximum absolute atomic E-state index is 12.4. The second-order valence-corrected chi connectivity index (χ2v) is 5.68. The van der Waals surface area contributed by atoms with Gasteiger partial charge in [0, 0.05) is 30.9 Å². The van der Waals surface area contributed by atoms with Gasteiger partial charge in [0.15, 0.2) is 0 Å². The summed E-state index contributed by atoms with van der Waals surface area (Å²) in [6.07, 6.45) is 4.45. The first-order valence-electron chi connectivity index (χ1n) is 7.97. The zero-order valence-electron chi connectivity index (χ0n) is 13.2. The van der Waals surface area contributed by atoms with Gasteiger partial charge in [-0.2, -0.15) is 5.10 Å². The van der Waals surface area contributed by atoms with E-state index in [9.17, 15) is 4.79 Å². The maximum atomic E-state index is 12.4. The molecule has 23 heavy (non-hydrogen) atoms. The molecule has 1 aromatic carbocycles. The molecule has 6 nitrogen and oxygen atoms in total. The van der Waals surface area contributed by atoms with E-state index >= 15 is 0 Å². The van der Waals surface area contributed by atoms with Crippen molar-refractivity contribution in [2.24, 2.45) is 0 Å². The molecule has 1 aromatic heterocycles. The lowest BCUT2D eigenvalue weighted by molar-refractivity contribution is -0.123. The highest BCUT2D eigenvalue weighted by Crippen LogP contribution is 2.31. The standard InChI is InChI=1S/C17H22N4O2/c1-13(18-9-11-21-10-4-8-19-21)17(22)20-15-7-12-23-16-6-3-2-5-14(15)16/h2-6,8,10,13,15,18H,7,9,11-12H2,1H3,(H,20,22)/t13-,15+/m1/s1. The third-order valence-electron chi connectivity index (χ3n) is 4.02. The summed E-state index contributed by atoms with van der Waals surface area (Å²) in [6, 6.07) is 9.53. The summed E-state index contributed by atoms with van der Waals surface area (Å²) in [6.45, 7) is 3.94. The van der Waals surface area contributed by atoms with Gasteiger partial charge in [-0.25, -0.2) is 0 Å². The number of rotatable bonds is 6. The number of nitrogens with one attached hydrogen (secondary N) is 2. The van der Waals surface area contributed by atoms with Crippen LogP contribution in [-0.4, -0.2) is 34.9 Å². The molecule has 0 bridgehead atoms. The van der Waals surface area contributed by atoms with Crippen LogP contribution in [0.4, 0.5) is 0 Å². The third-order valence-corrected chi connectivity index (χ3v) is 4.02. The fourth-order valence-electron chi connectivity index (χ4n) is 2.71. The minimum atomic E-state index is -0.249. The van der Waals surface area contributed by atoms with Gasteiger partial charge in [0.2, 0.25) is 5.91 Å². The van der Waals surface area contributed by atoms with E-state index in [1.54, 1.807) is 6.20 Å². The molecular formula is C17H22N4O2. The van der Waals surface area contributed by atoms with Crippen LogP contribution in [0.5, 0.6) is 5.75 Å². The van der Waals surface area contributed by atoms with Crippen LogP contribution in [-0.2, 0) is 11.3 Å². The minimum absolute atomic E-state index is 0.00664. The van der Waals surface area contributed by atoms with Crippen LogP contribution in [0.1, 0.15) is 24.9 Å². The first-order chi connectivity index (χ1) is 11.2. The number of carbonyl (C=O) groups excluding carboxylic acids is 1. The molecule has 0 unspecified atom stereocenters. The maximum Gasteiger partial charge on any atom is 0.237 e. The number of hydrogen-bond donors (Lipinski definition) is 2. The number of nitrogens with zero attached hydrogens (tertiary/aromatic N) is 2. The highest BCUT2D eigenvalue weighted by atomic mass is 16.5. The van der Waals surface area contributed by atoms with E-state index in [1.807, 2.05) is 48.1 Å². The minimum Gasteiger partial charge on any atom is -0.493 e. The number of para-hydroxylation sites is 1. The summed E-state index contributed by atoms with van der Waals surface area (Å²) in [7, 11) is 0. The van der Waals surface area contributed by atoms with Gasteiger partial charge in [-0.1, -0.05) is 18.2 Å². The summed E-state index contributed by atoms with van der Waals surface area (Å²) in [5.74, 6) is 0.871. The van der Waals surface area contributed by atoms with Gasteiger partial charge in [-0.15, -0.1) is 0 Å². The van der Waals surface area contributed by atoms with Gasteiger partial charge in [-0.05, 0) is 19.1 Å². The number of aromatic nitrogens is 2. The van der Waals surface area contributed by atoms with Crippen LogP contribution in [0.25, 0.3) is 0 Å². The molecule has 0 radical (unpaired) electrons. The summed E-state index contributed by atoms with van der Waals surface area (Å²) < 4.78 is 7.46. The van der Waals surface area contributed by atoms with Crippen molar-refractivity contribution in [1.82, 2.24) is 20.4 Å². The summed E-state index contributed by atoms with van der Waals surface area (Å²) in [5, 5.41) is 10.5. The zero-order chi connectivity index (χ0) is 16.1. The monoisotopic (exact) mass is 314 g/mol. The van der Waals surface area contributed by atoms with Gasteiger partial charge in [0.25, 0.3) is 0 Å². The van der Waals surface area contributed by atoms with Crippen molar-refractivity contribution in [3.8, 4) is 5.75 Å². The van der Waals surface area contributed by atoms with E-state index in [0.717, 1.165) is 24.3 Å². The second kappa shape index (κ2) is 7.28. The second-order valence-electron chi connectivity index (χ2n) is 5.68. The quantitative estimate of drug-likeness (QED) is 0.848. The topological polar surface area (TPSA) is 68.2 Å². The lowest BCUT2D eigenvalue weighted by atomic mass is 10.0. The normalized spacial score (nSPS) is 17.9. The van der Waals surface area contributed by atoms with Gasteiger partial charge in [-0.3, -0.25) is 9.48 Å². The average molecular weight is 314 g/mol. The molecule has 2 aromatic rings. The van der Waals surface area contributed by atoms with Gasteiger partial charge >= 0.3 is 0 Å². The molecule has 122 valence electrons. The fraction of sp³-hybridized carbons (Fsp3) is 0.412. The molecule has 0 saturated carbocycles. The first-order valence-corrected chi connectivity index (χ1v) is 7.97. The molecule has 0 spiro atoms. The molecule has 2 N–H and O–H groups in total. The van der Waals surface area contributed by atoms with Crippen molar-refractivity contribution >= 4 is 5.91 Å². The molecule has 0 fully saturated rings. The zero-order valence-corrected chi connectivity index (χ0v) is 13.2. The third kappa shape index (κ3) is 3.90. The summed E-state index contributed by atoms with van der Waals surface area (Å²) in [4.78, 5) is 12.4. The molecular weight excluding hydrogens is 292 g/mol. The molecule has 6 heteroatoms. The lowest BCUT2D eigenvalue weighted by Gasteiger charge is -2.27. The molecule has 0 aliphatic carbocycles. The molecule has 1 aliphatic rings. The van der Waals surface area contributed by atoms with Crippen molar-refractivity contribution in [3.63, 3.8) is 0 Å². The van der Waals surface area contributed by atoms with Crippen LogP contribution in [0.15, 0.2) is 42.7 Å². The molecule has 0 saturated heterocycles. The van der Waals surface area contributed by atoms with Crippen molar-refractivity contribution in [3.05, 3.63) is 48.3 Å². The van der Waals surface area contributed by atoms with Crippen LogP contribution in [0, 0.1) is 0 Å². The van der Waals surface area contributed by atoms with Crippen LogP contribution >= 0.6 is 0 Å². The number of carbonyl (C=O) groups is 1. The predicted molar refractivity (Wildman–Crippen MR) is 87.1 cm³/mol. The van der Waals surface area contributed by atoms with E-state index in [-0.39, 0.29) is 18.0 Å². The highest BCUT2D eigenvalue weighted by Gasteiger charge is 2.24. The van der Waals surface area contributed by atoms with Gasteiger partial charge in [0.05, 0.1) is 25.2 Å². The van der Waals surface area contributed by atoms with E-state index < -0.39 is 0 Å². The average Bonchev–Trinajstić information content (AvgIpc) is 3.08. The number of hydrogen-bond acceptors (Lipinski definition) is 4. The number of amides is 1. The largest absolute Gasteiger partial charge is 0.493 e. The van der Waals surface area contributed by atoms with Gasteiger partial charge in [0.1, 0.15) is 5.75 Å². The van der Waals surface area contributed by atoms with E-state index in [4.69, 9.17) is 4.74 Å². The Labute approximate surface area is 135 Å². The lowest BCUT2D eigenvalue weighted by Crippen LogP contribution is -2.45. The number of fused-ring (bicyclic) bond motifs is 1. The Bertz CT molecular complexity index is 642. The van der Waals surface area contributed by atoms with E-state index in [2.05, 4.69) is 15.7 Å². The Morgan fingerprint density at radius 3 is 3.13 bits per heavy atom. The Balaban J connectivity index is 1.50. The molecule has 1 amide bonds. The molecule has 3 rings (SSSR count). The number of benzene rings is 1. The number of ether oxygens (including phenoxy) is 1. The SMILES string of the molecule is C[C@@H](NCCn1cccn1)C(=O)N[C@H]1CCOc2ccccc21. The van der Waals surface area contributed by atoms with Crippen LogP contribution < -0.4 is 15.4 Å². The molecule has 1 aliphatic heterocycles. The van der Waals surface area contributed by atoms with Crippen molar-refractivity contribution < 1.29 is 9.53 Å². The summed E-state index contributed by atoms with van der Waals surface area (Å²) >= 11 is 0. The predicted octanol–water partition coefficient (Wildman–Crippen LogP) is 1.50. The van der Waals surface area contributed by atoms with E-state index in [1.165, 1.54) is 0 Å². The Kier molecular flexibility index (Phi) is 4.92. The van der Waals surface area contributed by atoms with E-state index in [0.29, 0.717) is 13.2 Å². The van der Waals surface area contributed by atoms with Crippen LogP contribution in [0.3, 0.4) is 0 Å². The van der Waals surface area contributed by atoms with Crippen LogP contribution in [0.2, 0.25) is 0 Å². The van der Waals surface area contributed by atoms with Gasteiger partial charge < -0.3 is 15.4 Å². The molecule has 2 heterocycles. The fourth-order valence-corrected chi connectivity index (χ4v) is 2.71. The molecule has 2 atom stereocenters. The summed E-state index contributed by atoms with van der Waals surface area (Å²) in [5.41, 5.74) is 1.05. The Hall–Kier alpha value is -2.34. The Morgan fingerprint density at radius 1 is 1.43 bits per heavy atom. The Morgan fingerprint density at radius 2 is 2.30 bits per heavy atom. The smallest absolute Gasteiger partial charge is 0.237 e. The van der Waals surface area contributed by atoms with Crippen molar-refractivity contribution in [2.45, 2.75) is 32.0 Å². The highest BCUT2D eigenvalue weighted by molar-refractivity contribution is 5.81. The van der Waals surface area contributed by atoms with Crippen molar-refractivity contribution in [1.29, 1.82) is 0 Å².